The van der Waals surface area contributed by atoms with E-state index in [2.05, 4.69) is 11.4 Å². The number of amides is 1. The van der Waals surface area contributed by atoms with Crippen LogP contribution in [-0.2, 0) is 11.4 Å². The lowest BCUT2D eigenvalue weighted by Gasteiger charge is -2.16. The Labute approximate surface area is 130 Å². The average Bonchev–Trinajstić information content (AvgIpc) is 2.53. The lowest BCUT2D eigenvalue weighted by molar-refractivity contribution is -0.129. The first-order valence-corrected chi connectivity index (χ1v) is 7.20. The minimum Gasteiger partial charge on any atom is -0.489 e. The maximum atomic E-state index is 11.6. The Morgan fingerprint density at radius 2 is 1.95 bits per heavy atom. The molecule has 2 N–H and O–H groups in total. The zero-order valence-corrected chi connectivity index (χ0v) is 13.1. The van der Waals surface area contributed by atoms with Crippen LogP contribution in [0.2, 0.25) is 0 Å². The van der Waals surface area contributed by atoms with Gasteiger partial charge in [0.15, 0.2) is 6.10 Å². The van der Waals surface area contributed by atoms with Gasteiger partial charge in [-0.2, -0.15) is 0 Å². The van der Waals surface area contributed by atoms with Crippen LogP contribution in [0.15, 0.2) is 42.5 Å². The summed E-state index contributed by atoms with van der Waals surface area (Å²) in [6, 6.07) is 13.2. The summed E-state index contributed by atoms with van der Waals surface area (Å²) in [6.45, 7) is 4.33. The first-order valence-electron chi connectivity index (χ1n) is 7.20. The fourth-order valence-corrected chi connectivity index (χ4v) is 2.33. The van der Waals surface area contributed by atoms with E-state index in [4.69, 9.17) is 4.74 Å². The molecule has 116 valence electrons. The van der Waals surface area contributed by atoms with Crippen LogP contribution in [0.5, 0.6) is 5.75 Å². The van der Waals surface area contributed by atoms with Crippen LogP contribution in [-0.4, -0.2) is 18.1 Å². The third kappa shape index (κ3) is 3.65. The summed E-state index contributed by atoms with van der Waals surface area (Å²) < 4.78 is 5.84. The molecule has 1 unspecified atom stereocenters. The molecule has 4 nitrogen and oxygen atoms in total. The second kappa shape index (κ2) is 7.09. The molecule has 2 rings (SSSR count). The molecule has 2 aromatic rings. The number of carbonyl (C=O) groups excluding carboxylic acids is 1. The van der Waals surface area contributed by atoms with Crippen molar-refractivity contribution in [1.82, 2.24) is 5.32 Å². The number of benzene rings is 2. The molecule has 4 heteroatoms. The highest BCUT2D eigenvalue weighted by molar-refractivity contribution is 5.82. The van der Waals surface area contributed by atoms with Gasteiger partial charge in [-0.05, 0) is 36.6 Å². The fraction of sp³-hybridized carbons (Fsp3) is 0.278. The van der Waals surface area contributed by atoms with E-state index in [-0.39, 0.29) is 0 Å². The first kappa shape index (κ1) is 16.0. The highest BCUT2D eigenvalue weighted by Crippen LogP contribution is 2.23. The first-order chi connectivity index (χ1) is 10.5. The number of carbonyl (C=O) groups is 1. The molecule has 0 fully saturated rings. The molecular formula is C18H21NO3. The maximum Gasteiger partial charge on any atom is 0.253 e. The predicted molar refractivity (Wildman–Crippen MR) is 85.7 cm³/mol. The van der Waals surface area contributed by atoms with Crippen molar-refractivity contribution in [3.05, 3.63) is 64.7 Å². The Kier molecular flexibility index (Phi) is 5.17. The Morgan fingerprint density at radius 1 is 1.23 bits per heavy atom. The summed E-state index contributed by atoms with van der Waals surface area (Å²) in [5.74, 6) is 0.369. The van der Waals surface area contributed by atoms with Gasteiger partial charge in [0, 0.05) is 7.05 Å². The molecule has 0 heterocycles. The smallest absolute Gasteiger partial charge is 0.253 e. The summed E-state index contributed by atoms with van der Waals surface area (Å²) in [4.78, 5) is 11.6. The standard InChI is InChI=1S/C18H21NO3/c1-12-8-9-16(13(2)10-12)22-11-14-6-4-5-7-15(14)17(20)18(21)19-3/h4-10,17,20H,11H2,1-3H3,(H,19,21). The van der Waals surface area contributed by atoms with Gasteiger partial charge in [0.05, 0.1) is 0 Å². The zero-order chi connectivity index (χ0) is 16.1. The normalized spacial score (nSPS) is 11.8. The van der Waals surface area contributed by atoms with Gasteiger partial charge in [0.2, 0.25) is 0 Å². The van der Waals surface area contributed by atoms with Crippen molar-refractivity contribution in [1.29, 1.82) is 0 Å². The third-order valence-corrected chi connectivity index (χ3v) is 3.56. The largest absolute Gasteiger partial charge is 0.489 e. The van der Waals surface area contributed by atoms with Crippen molar-refractivity contribution in [2.45, 2.75) is 26.6 Å². The number of aliphatic hydroxyl groups excluding tert-OH is 1. The summed E-state index contributed by atoms with van der Waals surface area (Å²) >= 11 is 0. The molecular weight excluding hydrogens is 278 g/mol. The van der Waals surface area contributed by atoms with Gasteiger partial charge >= 0.3 is 0 Å². The predicted octanol–water partition coefficient (Wildman–Crippen LogP) is 2.66. The van der Waals surface area contributed by atoms with E-state index < -0.39 is 12.0 Å². The Balaban J connectivity index is 2.18. The van der Waals surface area contributed by atoms with Crippen LogP contribution in [0, 0.1) is 13.8 Å². The molecule has 1 amide bonds. The average molecular weight is 299 g/mol. The number of ether oxygens (including phenoxy) is 1. The van der Waals surface area contributed by atoms with Crippen LogP contribution in [0.1, 0.15) is 28.4 Å². The number of rotatable bonds is 5. The van der Waals surface area contributed by atoms with E-state index >= 15 is 0 Å². The number of aryl methyl sites for hydroxylation is 2. The van der Waals surface area contributed by atoms with E-state index in [0.717, 1.165) is 16.9 Å². The molecule has 0 aliphatic rings. The van der Waals surface area contributed by atoms with Crippen LogP contribution in [0.3, 0.4) is 0 Å². The number of likely N-dealkylation sites (N-methyl/N-ethyl adjacent to an activating group) is 1. The lowest BCUT2D eigenvalue weighted by atomic mass is 10.0. The molecule has 0 saturated heterocycles. The van der Waals surface area contributed by atoms with Gasteiger partial charge in [0.25, 0.3) is 5.91 Å². The van der Waals surface area contributed by atoms with Crippen LogP contribution in [0.4, 0.5) is 0 Å². The van der Waals surface area contributed by atoms with Crippen LogP contribution in [0.25, 0.3) is 0 Å². The fourth-order valence-electron chi connectivity index (χ4n) is 2.33. The third-order valence-electron chi connectivity index (χ3n) is 3.56. The second-order valence-corrected chi connectivity index (χ2v) is 5.27. The van der Waals surface area contributed by atoms with Crippen molar-refractivity contribution in [2.24, 2.45) is 0 Å². The van der Waals surface area contributed by atoms with Gasteiger partial charge in [-0.3, -0.25) is 4.79 Å². The topological polar surface area (TPSA) is 58.6 Å². The van der Waals surface area contributed by atoms with Crippen molar-refractivity contribution in [3.8, 4) is 5.75 Å². The van der Waals surface area contributed by atoms with E-state index in [0.29, 0.717) is 12.2 Å². The van der Waals surface area contributed by atoms with E-state index in [1.165, 1.54) is 12.6 Å². The van der Waals surface area contributed by atoms with Gasteiger partial charge in [-0.25, -0.2) is 0 Å². The second-order valence-electron chi connectivity index (χ2n) is 5.27. The highest BCUT2D eigenvalue weighted by Gasteiger charge is 2.19. The van der Waals surface area contributed by atoms with Gasteiger partial charge < -0.3 is 15.2 Å². The number of hydrogen-bond acceptors (Lipinski definition) is 3. The maximum absolute atomic E-state index is 11.6. The van der Waals surface area contributed by atoms with E-state index in [9.17, 15) is 9.90 Å². The number of nitrogens with one attached hydrogen (secondary N) is 1. The van der Waals surface area contributed by atoms with Gasteiger partial charge in [0.1, 0.15) is 12.4 Å². The van der Waals surface area contributed by atoms with Crippen LogP contribution < -0.4 is 10.1 Å². The zero-order valence-electron chi connectivity index (χ0n) is 13.1. The Bertz CT molecular complexity index is 667. The van der Waals surface area contributed by atoms with Gasteiger partial charge in [-0.15, -0.1) is 0 Å². The molecule has 0 aliphatic heterocycles. The van der Waals surface area contributed by atoms with Crippen molar-refractivity contribution in [3.63, 3.8) is 0 Å². The van der Waals surface area contributed by atoms with E-state index in [1.807, 2.05) is 38.1 Å². The number of hydrogen-bond donors (Lipinski definition) is 2. The van der Waals surface area contributed by atoms with Gasteiger partial charge in [-0.1, -0.05) is 42.0 Å². The molecule has 0 aliphatic carbocycles. The lowest BCUT2D eigenvalue weighted by Crippen LogP contribution is -2.26. The highest BCUT2D eigenvalue weighted by atomic mass is 16.5. The molecule has 0 spiro atoms. The molecule has 1 atom stereocenters. The van der Waals surface area contributed by atoms with E-state index in [1.54, 1.807) is 12.1 Å². The Morgan fingerprint density at radius 3 is 2.64 bits per heavy atom. The monoisotopic (exact) mass is 299 g/mol. The minimum atomic E-state index is -1.19. The van der Waals surface area contributed by atoms with Crippen LogP contribution >= 0.6 is 0 Å². The number of aliphatic hydroxyl groups is 1. The molecule has 22 heavy (non-hydrogen) atoms. The molecule has 0 aromatic heterocycles. The van der Waals surface area contributed by atoms with Crippen molar-refractivity contribution >= 4 is 5.91 Å². The summed E-state index contributed by atoms with van der Waals surface area (Å²) in [5.41, 5.74) is 3.59. The molecule has 0 saturated carbocycles. The SMILES string of the molecule is CNC(=O)C(O)c1ccccc1COc1ccc(C)cc1C. The van der Waals surface area contributed by atoms with Crippen molar-refractivity contribution < 1.29 is 14.6 Å². The summed E-state index contributed by atoms with van der Waals surface area (Å²) in [5, 5.41) is 12.5. The molecule has 0 radical (unpaired) electrons. The molecule has 2 aromatic carbocycles. The summed E-state index contributed by atoms with van der Waals surface area (Å²) in [7, 11) is 1.50. The quantitative estimate of drug-likeness (QED) is 0.892. The molecule has 0 bridgehead atoms. The Hall–Kier alpha value is -2.33. The summed E-state index contributed by atoms with van der Waals surface area (Å²) in [6.07, 6.45) is -1.19. The van der Waals surface area contributed by atoms with Crippen molar-refractivity contribution in [2.75, 3.05) is 7.05 Å². The minimum absolute atomic E-state index is 0.300.